The largest absolute Gasteiger partial charge is 0.492 e. The van der Waals surface area contributed by atoms with Crippen LogP contribution in [0.1, 0.15) is 38.9 Å². The maximum Gasteiger partial charge on any atom is 0.337 e. The summed E-state index contributed by atoms with van der Waals surface area (Å²) in [6.07, 6.45) is 0.461. The molecule has 0 spiro atoms. The van der Waals surface area contributed by atoms with E-state index >= 15 is 0 Å². The highest BCUT2D eigenvalue weighted by Gasteiger charge is 2.25. The van der Waals surface area contributed by atoms with Crippen molar-refractivity contribution in [3.05, 3.63) is 82.8 Å². The highest BCUT2D eigenvalue weighted by atomic mass is 32.2. The molecule has 0 fully saturated rings. The van der Waals surface area contributed by atoms with Crippen LogP contribution in [0.5, 0.6) is 5.75 Å². The number of benzene rings is 2. The molecular formula is C28H28FN3O7S. The Balaban J connectivity index is 1.51. The number of fused-ring (bicyclic) bond motifs is 1. The van der Waals surface area contributed by atoms with Gasteiger partial charge in [0.2, 0.25) is 15.7 Å². The summed E-state index contributed by atoms with van der Waals surface area (Å²) in [6, 6.07) is 13.5. The second-order valence-corrected chi connectivity index (χ2v) is 10.5. The SMILES string of the molecule is CCc1cc2c(C(=O)NC)c(-c3ccc(F)cc3)oc2nc1CS(=O)(=O)NCCOc1ccc(C(=O)OC)cc1. The number of esters is 1. The number of hydrogen-bond acceptors (Lipinski definition) is 8. The van der Waals surface area contributed by atoms with Crippen molar-refractivity contribution in [1.29, 1.82) is 0 Å². The summed E-state index contributed by atoms with van der Waals surface area (Å²) in [4.78, 5) is 28.8. The van der Waals surface area contributed by atoms with E-state index in [1.54, 1.807) is 30.3 Å². The van der Waals surface area contributed by atoms with E-state index in [0.717, 1.165) is 0 Å². The van der Waals surface area contributed by atoms with Crippen LogP contribution in [0.4, 0.5) is 4.39 Å². The Morgan fingerprint density at radius 2 is 1.77 bits per heavy atom. The molecule has 0 saturated heterocycles. The molecule has 12 heteroatoms. The van der Waals surface area contributed by atoms with Gasteiger partial charge in [0.25, 0.3) is 5.91 Å². The van der Waals surface area contributed by atoms with Crippen molar-refractivity contribution in [3.8, 4) is 17.1 Å². The fourth-order valence-electron chi connectivity index (χ4n) is 4.09. The lowest BCUT2D eigenvalue weighted by Gasteiger charge is -2.11. The average Bonchev–Trinajstić information content (AvgIpc) is 3.32. The number of aryl methyl sites for hydroxylation is 1. The molecule has 2 aromatic carbocycles. The number of methoxy groups -OCH3 is 1. The van der Waals surface area contributed by atoms with Gasteiger partial charge < -0.3 is 19.2 Å². The number of rotatable bonds is 11. The Kier molecular flexibility index (Phi) is 8.80. The molecule has 0 saturated carbocycles. The Morgan fingerprint density at radius 1 is 1.07 bits per heavy atom. The zero-order valence-electron chi connectivity index (χ0n) is 22.1. The Hall–Kier alpha value is -4.29. The summed E-state index contributed by atoms with van der Waals surface area (Å²) in [7, 11) is -1.04. The highest BCUT2D eigenvalue weighted by molar-refractivity contribution is 7.88. The zero-order valence-corrected chi connectivity index (χ0v) is 22.9. The van der Waals surface area contributed by atoms with Crippen LogP contribution in [0.3, 0.4) is 0 Å². The maximum absolute atomic E-state index is 13.5. The molecule has 0 bridgehead atoms. The molecule has 10 nitrogen and oxygen atoms in total. The minimum atomic E-state index is -3.81. The van der Waals surface area contributed by atoms with Gasteiger partial charge in [-0.25, -0.2) is 27.3 Å². The van der Waals surface area contributed by atoms with Crippen molar-refractivity contribution < 1.29 is 36.3 Å². The van der Waals surface area contributed by atoms with Gasteiger partial charge in [0.1, 0.15) is 29.7 Å². The smallest absolute Gasteiger partial charge is 0.337 e. The van der Waals surface area contributed by atoms with E-state index in [-0.39, 0.29) is 35.9 Å². The molecule has 0 radical (unpaired) electrons. The van der Waals surface area contributed by atoms with Crippen LogP contribution in [0.15, 0.2) is 59.0 Å². The normalized spacial score (nSPS) is 11.4. The molecule has 210 valence electrons. The molecular weight excluding hydrogens is 541 g/mol. The number of furan rings is 1. The van der Waals surface area contributed by atoms with E-state index in [9.17, 15) is 22.4 Å². The van der Waals surface area contributed by atoms with Crippen molar-refractivity contribution in [1.82, 2.24) is 15.0 Å². The van der Waals surface area contributed by atoms with Crippen LogP contribution >= 0.6 is 0 Å². The van der Waals surface area contributed by atoms with Crippen molar-refractivity contribution in [3.63, 3.8) is 0 Å². The molecule has 1 amide bonds. The first kappa shape index (κ1) is 28.7. The molecule has 2 N–H and O–H groups in total. The monoisotopic (exact) mass is 569 g/mol. The Bertz CT molecular complexity index is 1630. The van der Waals surface area contributed by atoms with Crippen LogP contribution in [0.2, 0.25) is 0 Å². The number of halogens is 1. The number of hydrogen-bond donors (Lipinski definition) is 2. The number of nitrogens with zero attached hydrogens (tertiary/aromatic N) is 1. The minimum Gasteiger partial charge on any atom is -0.492 e. The molecule has 0 aliphatic carbocycles. The lowest BCUT2D eigenvalue weighted by atomic mass is 10.0. The number of aromatic nitrogens is 1. The first-order valence-electron chi connectivity index (χ1n) is 12.4. The molecule has 0 atom stereocenters. The summed E-state index contributed by atoms with van der Waals surface area (Å²) < 4.78 is 57.8. The van der Waals surface area contributed by atoms with E-state index in [1.165, 1.54) is 38.4 Å². The lowest BCUT2D eigenvalue weighted by molar-refractivity contribution is 0.0600. The van der Waals surface area contributed by atoms with Gasteiger partial charge >= 0.3 is 5.97 Å². The van der Waals surface area contributed by atoms with Gasteiger partial charge in [0.15, 0.2) is 0 Å². The number of carbonyl (C=O) groups excluding carboxylic acids is 2. The van der Waals surface area contributed by atoms with Crippen molar-refractivity contribution in [2.45, 2.75) is 19.1 Å². The van der Waals surface area contributed by atoms with Gasteiger partial charge in [-0.3, -0.25) is 4.79 Å². The number of amides is 1. The molecule has 2 heterocycles. The van der Waals surface area contributed by atoms with E-state index in [4.69, 9.17) is 9.15 Å². The van der Waals surface area contributed by atoms with Crippen LogP contribution in [-0.4, -0.2) is 52.6 Å². The molecule has 4 rings (SSSR count). The predicted octanol–water partition coefficient (Wildman–Crippen LogP) is 3.84. The topological polar surface area (TPSA) is 137 Å². The first-order chi connectivity index (χ1) is 19.2. The fourth-order valence-corrected chi connectivity index (χ4v) is 5.20. The number of nitrogens with one attached hydrogen (secondary N) is 2. The summed E-state index contributed by atoms with van der Waals surface area (Å²) in [5.41, 5.74) is 2.10. The number of sulfonamides is 1. The van der Waals surface area contributed by atoms with Gasteiger partial charge in [-0.15, -0.1) is 0 Å². The average molecular weight is 570 g/mol. The molecule has 4 aromatic rings. The van der Waals surface area contributed by atoms with Gasteiger partial charge in [0, 0.05) is 19.2 Å². The first-order valence-corrected chi connectivity index (χ1v) is 14.0. The van der Waals surface area contributed by atoms with E-state index in [2.05, 4.69) is 19.8 Å². The summed E-state index contributed by atoms with van der Waals surface area (Å²) in [5.74, 6) is -1.06. The van der Waals surface area contributed by atoms with E-state index in [0.29, 0.717) is 34.2 Å². The minimum absolute atomic E-state index is 0.00107. The van der Waals surface area contributed by atoms with Gasteiger partial charge in [-0.05, 0) is 66.6 Å². The fraction of sp³-hybridized carbons (Fsp3) is 0.250. The second-order valence-electron chi connectivity index (χ2n) is 8.71. The Labute approximate surface area is 230 Å². The van der Waals surface area contributed by atoms with Crippen molar-refractivity contribution >= 4 is 33.0 Å². The highest BCUT2D eigenvalue weighted by Crippen LogP contribution is 2.34. The second kappa shape index (κ2) is 12.3. The maximum atomic E-state index is 13.5. The third kappa shape index (κ3) is 6.46. The summed E-state index contributed by atoms with van der Waals surface area (Å²) in [6.45, 7) is 1.91. The summed E-state index contributed by atoms with van der Waals surface area (Å²) in [5, 5.41) is 3.01. The standard InChI is InChI=1S/C28H28FN3O7S/c1-4-17-15-22-24(26(33)30-2)25(18-5-9-20(29)10-6-18)39-27(22)32-23(17)16-40(35,36)31-13-14-38-21-11-7-19(8-12-21)28(34)37-3/h5-12,15,31H,4,13-14,16H2,1-3H3,(H,30,33). The third-order valence-electron chi connectivity index (χ3n) is 6.09. The number of pyridine rings is 1. The van der Waals surface area contributed by atoms with Crippen LogP contribution in [-0.2, 0) is 26.9 Å². The van der Waals surface area contributed by atoms with Gasteiger partial charge in [0.05, 0.1) is 29.3 Å². The zero-order chi connectivity index (χ0) is 28.9. The Morgan fingerprint density at radius 3 is 2.40 bits per heavy atom. The lowest BCUT2D eigenvalue weighted by Crippen LogP contribution is -2.30. The summed E-state index contributed by atoms with van der Waals surface area (Å²) >= 11 is 0. The van der Waals surface area contributed by atoms with Crippen molar-refractivity contribution in [2.24, 2.45) is 0 Å². The van der Waals surface area contributed by atoms with Crippen molar-refractivity contribution in [2.75, 3.05) is 27.3 Å². The number of ether oxygens (including phenoxy) is 2. The third-order valence-corrected chi connectivity index (χ3v) is 7.39. The molecule has 0 aliphatic heterocycles. The van der Waals surface area contributed by atoms with E-state index < -0.39 is 33.5 Å². The predicted molar refractivity (Wildman–Crippen MR) is 146 cm³/mol. The van der Waals surface area contributed by atoms with Gasteiger partial charge in [-0.2, -0.15) is 0 Å². The van der Waals surface area contributed by atoms with E-state index in [1.807, 2.05) is 6.92 Å². The molecule has 40 heavy (non-hydrogen) atoms. The quantitative estimate of drug-likeness (QED) is 0.205. The van der Waals surface area contributed by atoms with Crippen LogP contribution < -0.4 is 14.8 Å². The van der Waals surface area contributed by atoms with Crippen LogP contribution in [0, 0.1) is 5.82 Å². The van der Waals surface area contributed by atoms with Crippen LogP contribution in [0.25, 0.3) is 22.4 Å². The molecule has 0 unspecified atom stereocenters. The molecule has 2 aromatic heterocycles. The number of carbonyl (C=O) groups is 2. The molecule has 0 aliphatic rings. The van der Waals surface area contributed by atoms with Gasteiger partial charge in [-0.1, -0.05) is 6.92 Å².